The third-order valence-corrected chi connectivity index (χ3v) is 5.00. The fraction of sp³-hybridized carbons (Fsp3) is 0.100. The molecule has 0 N–H and O–H groups in total. The van der Waals surface area contributed by atoms with Crippen molar-refractivity contribution in [1.29, 1.82) is 0 Å². The van der Waals surface area contributed by atoms with Crippen LogP contribution in [0.3, 0.4) is 0 Å². The number of halogens is 5. The molecule has 29 heavy (non-hydrogen) atoms. The van der Waals surface area contributed by atoms with Gasteiger partial charge in [-0.25, -0.2) is 0 Å². The number of hydrogen-bond acceptors (Lipinski definition) is 3. The van der Waals surface area contributed by atoms with Gasteiger partial charge in [-0.3, -0.25) is 4.79 Å². The van der Waals surface area contributed by atoms with Crippen LogP contribution in [0.25, 0.3) is 6.08 Å². The number of ether oxygens (including phenoxy) is 1. The van der Waals surface area contributed by atoms with E-state index in [0.717, 1.165) is 11.1 Å². The quantitative estimate of drug-likeness (QED) is 0.345. The second kappa shape index (κ2) is 8.54. The standard InChI is InChI=1S/C20H13Br2F3N2O2/c1-2-8-29-17-15(21)10-12(11-16(17)22)9-14-18(20(23,24)25)26-27(19(14)28)13-6-4-3-5-7-13/h2-7,9-11H,1,8H2/b14-9-. The lowest BCUT2D eigenvalue weighted by Crippen LogP contribution is -2.25. The van der Waals surface area contributed by atoms with Crippen LogP contribution in [0, 0.1) is 0 Å². The average molecular weight is 530 g/mol. The van der Waals surface area contributed by atoms with Gasteiger partial charge in [-0.05, 0) is 67.8 Å². The van der Waals surface area contributed by atoms with Gasteiger partial charge < -0.3 is 4.74 Å². The smallest absolute Gasteiger partial charge is 0.435 e. The van der Waals surface area contributed by atoms with Crippen molar-refractivity contribution >= 4 is 55.2 Å². The molecule has 150 valence electrons. The molecular weight excluding hydrogens is 517 g/mol. The predicted octanol–water partition coefficient (Wildman–Crippen LogP) is 6.12. The van der Waals surface area contributed by atoms with E-state index in [1.807, 2.05) is 0 Å². The highest BCUT2D eigenvalue weighted by molar-refractivity contribution is 9.11. The van der Waals surface area contributed by atoms with Crippen molar-refractivity contribution < 1.29 is 22.7 Å². The minimum absolute atomic E-state index is 0.248. The van der Waals surface area contributed by atoms with Crippen LogP contribution in [-0.2, 0) is 4.79 Å². The van der Waals surface area contributed by atoms with Crippen molar-refractivity contribution in [3.8, 4) is 5.75 Å². The topological polar surface area (TPSA) is 41.9 Å². The van der Waals surface area contributed by atoms with Crippen LogP contribution in [0.4, 0.5) is 18.9 Å². The number of hydrogen-bond donors (Lipinski definition) is 0. The molecule has 1 aliphatic heterocycles. The number of anilines is 1. The number of rotatable bonds is 5. The van der Waals surface area contributed by atoms with Crippen LogP contribution < -0.4 is 9.75 Å². The van der Waals surface area contributed by atoms with E-state index in [4.69, 9.17) is 4.74 Å². The van der Waals surface area contributed by atoms with Crippen LogP contribution in [0.1, 0.15) is 5.56 Å². The summed E-state index contributed by atoms with van der Waals surface area (Å²) < 4.78 is 47.1. The Morgan fingerprint density at radius 2 is 1.76 bits per heavy atom. The fourth-order valence-corrected chi connectivity index (χ4v) is 4.06. The van der Waals surface area contributed by atoms with Crippen molar-refractivity contribution in [2.45, 2.75) is 6.18 Å². The molecule has 1 aliphatic rings. The van der Waals surface area contributed by atoms with E-state index >= 15 is 0 Å². The zero-order chi connectivity index (χ0) is 21.2. The molecule has 3 rings (SSSR count). The van der Waals surface area contributed by atoms with E-state index in [1.165, 1.54) is 12.1 Å². The number of amides is 1. The van der Waals surface area contributed by atoms with Gasteiger partial charge in [-0.2, -0.15) is 23.3 Å². The molecule has 0 bridgehead atoms. The molecule has 0 aromatic heterocycles. The first kappa shape index (κ1) is 21.3. The zero-order valence-corrected chi connectivity index (χ0v) is 17.9. The molecule has 1 heterocycles. The number of hydrazone groups is 1. The van der Waals surface area contributed by atoms with Crippen LogP contribution in [0.15, 0.2) is 74.7 Å². The summed E-state index contributed by atoms with van der Waals surface area (Å²) >= 11 is 6.66. The van der Waals surface area contributed by atoms with Gasteiger partial charge in [-0.1, -0.05) is 30.9 Å². The summed E-state index contributed by atoms with van der Waals surface area (Å²) in [6.07, 6.45) is -2.06. The molecular formula is C20H13Br2F3N2O2. The van der Waals surface area contributed by atoms with Gasteiger partial charge in [0.2, 0.25) is 0 Å². The maximum atomic E-state index is 13.5. The maximum absolute atomic E-state index is 13.5. The normalized spacial score (nSPS) is 15.6. The molecule has 4 nitrogen and oxygen atoms in total. The molecule has 0 fully saturated rings. The molecule has 1 amide bonds. The molecule has 0 aliphatic carbocycles. The SMILES string of the molecule is C=CCOc1c(Br)cc(/C=C2\C(=O)N(c3ccccc3)N=C2C(F)(F)F)cc1Br. The lowest BCUT2D eigenvalue weighted by atomic mass is 10.1. The number of carbonyl (C=O) groups is 1. The third kappa shape index (κ3) is 4.62. The van der Waals surface area contributed by atoms with Gasteiger partial charge in [0.05, 0.1) is 20.2 Å². The number of nitrogens with zero attached hydrogens (tertiary/aromatic N) is 2. The molecule has 0 unspecified atom stereocenters. The lowest BCUT2D eigenvalue weighted by Gasteiger charge is -2.11. The molecule has 9 heteroatoms. The van der Waals surface area contributed by atoms with Crippen molar-refractivity contribution in [2.24, 2.45) is 5.10 Å². The van der Waals surface area contributed by atoms with Crippen LogP contribution in [-0.4, -0.2) is 24.4 Å². The first-order chi connectivity index (χ1) is 13.7. The molecule has 0 radical (unpaired) electrons. The minimum atomic E-state index is -4.79. The van der Waals surface area contributed by atoms with Crippen molar-refractivity contribution in [1.82, 2.24) is 0 Å². The Hall–Kier alpha value is -2.39. The van der Waals surface area contributed by atoms with E-state index in [0.29, 0.717) is 20.3 Å². The summed E-state index contributed by atoms with van der Waals surface area (Å²) in [6, 6.07) is 11.1. The first-order valence-electron chi connectivity index (χ1n) is 8.22. The molecule has 0 atom stereocenters. The van der Waals surface area contributed by atoms with Gasteiger partial charge in [0, 0.05) is 0 Å². The Balaban J connectivity index is 2.04. The van der Waals surface area contributed by atoms with E-state index in [9.17, 15) is 18.0 Å². The van der Waals surface area contributed by atoms with Crippen LogP contribution >= 0.6 is 31.9 Å². The highest BCUT2D eigenvalue weighted by atomic mass is 79.9. The van der Waals surface area contributed by atoms with Crippen molar-refractivity contribution in [3.05, 3.63) is 75.2 Å². The Bertz CT molecular complexity index is 995. The first-order valence-corrected chi connectivity index (χ1v) is 9.81. The highest BCUT2D eigenvalue weighted by Gasteiger charge is 2.46. The number of benzene rings is 2. The fourth-order valence-electron chi connectivity index (χ4n) is 2.61. The zero-order valence-electron chi connectivity index (χ0n) is 14.7. The number of carbonyl (C=O) groups excluding carboxylic acids is 1. The Labute approximate surface area is 181 Å². The summed E-state index contributed by atoms with van der Waals surface area (Å²) in [5.74, 6) is -0.386. The summed E-state index contributed by atoms with van der Waals surface area (Å²) in [6.45, 7) is 3.82. The Kier molecular flexibility index (Phi) is 6.28. The second-order valence-electron chi connectivity index (χ2n) is 5.87. The van der Waals surface area contributed by atoms with E-state index in [-0.39, 0.29) is 12.3 Å². The number of alkyl halides is 3. The van der Waals surface area contributed by atoms with E-state index in [1.54, 1.807) is 36.4 Å². The minimum Gasteiger partial charge on any atom is -0.487 e. The van der Waals surface area contributed by atoms with Crippen molar-refractivity contribution in [3.63, 3.8) is 0 Å². The van der Waals surface area contributed by atoms with Crippen LogP contribution in [0.2, 0.25) is 0 Å². The van der Waals surface area contributed by atoms with Gasteiger partial charge >= 0.3 is 6.18 Å². The largest absolute Gasteiger partial charge is 0.487 e. The maximum Gasteiger partial charge on any atom is 0.435 e. The summed E-state index contributed by atoms with van der Waals surface area (Å²) in [7, 11) is 0. The highest BCUT2D eigenvalue weighted by Crippen LogP contribution is 2.37. The monoisotopic (exact) mass is 528 g/mol. The molecule has 2 aromatic rings. The second-order valence-corrected chi connectivity index (χ2v) is 7.58. The Morgan fingerprint density at radius 3 is 2.31 bits per heavy atom. The predicted molar refractivity (Wildman–Crippen MR) is 113 cm³/mol. The van der Waals surface area contributed by atoms with Gasteiger partial charge in [0.15, 0.2) is 5.71 Å². The summed E-state index contributed by atoms with van der Waals surface area (Å²) in [4.78, 5) is 12.7. The van der Waals surface area contributed by atoms with Gasteiger partial charge in [0.1, 0.15) is 12.4 Å². The van der Waals surface area contributed by atoms with E-state index in [2.05, 4.69) is 43.5 Å². The van der Waals surface area contributed by atoms with E-state index < -0.39 is 23.4 Å². The van der Waals surface area contributed by atoms with Crippen LogP contribution in [0.5, 0.6) is 5.75 Å². The molecule has 2 aromatic carbocycles. The molecule has 0 saturated carbocycles. The third-order valence-electron chi connectivity index (χ3n) is 3.82. The van der Waals surface area contributed by atoms with Gasteiger partial charge in [0.25, 0.3) is 5.91 Å². The number of para-hydroxylation sites is 1. The summed E-state index contributed by atoms with van der Waals surface area (Å²) in [5, 5.41) is 4.29. The lowest BCUT2D eigenvalue weighted by molar-refractivity contribution is -0.114. The van der Waals surface area contributed by atoms with Crippen molar-refractivity contribution in [2.75, 3.05) is 11.6 Å². The molecule has 0 saturated heterocycles. The average Bonchev–Trinajstić information content (AvgIpc) is 2.99. The van der Waals surface area contributed by atoms with Gasteiger partial charge in [-0.15, -0.1) is 0 Å². The molecule has 0 spiro atoms. The summed E-state index contributed by atoms with van der Waals surface area (Å²) in [5.41, 5.74) is -1.17. The Morgan fingerprint density at radius 1 is 1.14 bits per heavy atom.